The zero-order chi connectivity index (χ0) is 14.4. The van der Waals surface area contributed by atoms with Crippen LogP contribution in [0.4, 0.5) is 5.82 Å². The van der Waals surface area contributed by atoms with Crippen molar-refractivity contribution in [2.24, 2.45) is 0 Å². The molecule has 0 bridgehead atoms. The molecule has 0 fully saturated rings. The van der Waals surface area contributed by atoms with Crippen LogP contribution in [0.25, 0.3) is 0 Å². The Balaban J connectivity index is 1.78. The van der Waals surface area contributed by atoms with Crippen LogP contribution < -0.4 is 10.6 Å². The third-order valence-corrected chi connectivity index (χ3v) is 3.36. The molecular weight excluding hydrogens is 338 g/mol. The second-order valence-electron chi connectivity index (χ2n) is 4.12. The Morgan fingerprint density at radius 3 is 2.75 bits per heavy atom. The van der Waals surface area contributed by atoms with Crippen molar-refractivity contribution in [3.8, 4) is 5.75 Å². The minimum atomic E-state index is 0.308. The van der Waals surface area contributed by atoms with Crippen molar-refractivity contribution in [3.63, 3.8) is 0 Å². The van der Waals surface area contributed by atoms with E-state index in [4.69, 9.17) is 12.2 Å². The predicted molar refractivity (Wildman–Crippen MR) is 88.0 cm³/mol. The van der Waals surface area contributed by atoms with Gasteiger partial charge in [-0.3, -0.25) is 0 Å². The van der Waals surface area contributed by atoms with Gasteiger partial charge < -0.3 is 15.7 Å². The molecule has 0 saturated carbocycles. The molecule has 1 aromatic heterocycles. The maximum atomic E-state index is 9.65. The highest BCUT2D eigenvalue weighted by Gasteiger charge is 2.01. The van der Waals surface area contributed by atoms with E-state index >= 15 is 0 Å². The van der Waals surface area contributed by atoms with Gasteiger partial charge in [-0.15, -0.1) is 0 Å². The second kappa shape index (κ2) is 7.21. The summed E-state index contributed by atoms with van der Waals surface area (Å²) in [6.07, 6.45) is 2.40. The number of hydrogen-bond donors (Lipinski definition) is 3. The summed E-state index contributed by atoms with van der Waals surface area (Å²) in [5.74, 6) is 0.996. The third kappa shape index (κ3) is 4.47. The number of rotatable bonds is 4. The number of anilines is 1. The van der Waals surface area contributed by atoms with Crippen LogP contribution in [0.1, 0.15) is 5.56 Å². The number of hydrogen-bond acceptors (Lipinski definition) is 3. The van der Waals surface area contributed by atoms with Crippen molar-refractivity contribution in [3.05, 3.63) is 52.6 Å². The Kier molecular flexibility index (Phi) is 5.31. The van der Waals surface area contributed by atoms with Gasteiger partial charge in [-0.1, -0.05) is 18.2 Å². The number of pyridine rings is 1. The smallest absolute Gasteiger partial charge is 0.171 e. The van der Waals surface area contributed by atoms with Crippen molar-refractivity contribution in [1.82, 2.24) is 10.3 Å². The molecule has 1 heterocycles. The van der Waals surface area contributed by atoms with E-state index in [0.29, 0.717) is 29.6 Å². The van der Waals surface area contributed by atoms with Gasteiger partial charge in [0.2, 0.25) is 0 Å². The van der Waals surface area contributed by atoms with E-state index in [1.54, 1.807) is 18.3 Å². The number of aromatic nitrogens is 1. The minimum absolute atomic E-state index is 0.308. The van der Waals surface area contributed by atoms with Gasteiger partial charge >= 0.3 is 0 Å². The number of phenols is 1. The van der Waals surface area contributed by atoms with Gasteiger partial charge in [0.15, 0.2) is 5.11 Å². The number of phenolic OH excluding ortho intramolecular Hbond substituents is 1. The van der Waals surface area contributed by atoms with E-state index in [2.05, 4.69) is 31.5 Å². The largest absolute Gasteiger partial charge is 0.508 e. The predicted octanol–water partition coefficient (Wildman–Crippen LogP) is 3.08. The highest BCUT2D eigenvalue weighted by Crippen LogP contribution is 2.15. The number of aromatic hydroxyl groups is 1. The van der Waals surface area contributed by atoms with Crippen LogP contribution in [0, 0.1) is 0 Å². The molecular formula is C14H14BrN3OS. The highest BCUT2D eigenvalue weighted by molar-refractivity contribution is 9.10. The van der Waals surface area contributed by atoms with Gasteiger partial charge in [-0.2, -0.15) is 0 Å². The molecule has 2 rings (SSSR count). The summed E-state index contributed by atoms with van der Waals surface area (Å²) in [7, 11) is 0. The fourth-order valence-electron chi connectivity index (χ4n) is 1.64. The van der Waals surface area contributed by atoms with Crippen LogP contribution in [-0.2, 0) is 6.42 Å². The first-order valence-corrected chi connectivity index (χ1v) is 7.28. The van der Waals surface area contributed by atoms with Crippen LogP contribution >= 0.6 is 28.1 Å². The first-order valence-electron chi connectivity index (χ1n) is 6.08. The zero-order valence-corrected chi connectivity index (χ0v) is 13.0. The number of para-hydroxylation sites is 1. The lowest BCUT2D eigenvalue weighted by Gasteiger charge is -2.10. The summed E-state index contributed by atoms with van der Waals surface area (Å²) in [6.45, 7) is 0.639. The molecule has 0 amide bonds. The summed E-state index contributed by atoms with van der Waals surface area (Å²) >= 11 is 8.50. The number of nitrogens with one attached hydrogen (secondary N) is 2. The van der Waals surface area contributed by atoms with Crippen molar-refractivity contribution < 1.29 is 5.11 Å². The molecule has 4 nitrogen and oxygen atoms in total. The fraction of sp³-hybridized carbons (Fsp3) is 0.143. The zero-order valence-electron chi connectivity index (χ0n) is 10.6. The van der Waals surface area contributed by atoms with Gasteiger partial charge in [0.25, 0.3) is 0 Å². The molecule has 0 atom stereocenters. The Hall–Kier alpha value is -1.66. The van der Waals surface area contributed by atoms with Gasteiger partial charge in [-0.25, -0.2) is 4.98 Å². The molecule has 104 valence electrons. The molecule has 0 saturated heterocycles. The fourth-order valence-corrected chi connectivity index (χ4v) is 2.08. The van der Waals surface area contributed by atoms with Crippen molar-refractivity contribution in [1.29, 1.82) is 0 Å². The number of nitrogens with zero attached hydrogens (tertiary/aromatic N) is 1. The van der Waals surface area contributed by atoms with Crippen LogP contribution in [0.3, 0.4) is 0 Å². The molecule has 6 heteroatoms. The van der Waals surface area contributed by atoms with E-state index < -0.39 is 0 Å². The molecule has 1 aromatic carbocycles. The molecule has 0 radical (unpaired) electrons. The topological polar surface area (TPSA) is 57.2 Å². The molecule has 20 heavy (non-hydrogen) atoms. The Bertz CT molecular complexity index is 589. The second-order valence-corrected chi connectivity index (χ2v) is 5.45. The first kappa shape index (κ1) is 14.7. The first-order chi connectivity index (χ1) is 9.65. The quantitative estimate of drug-likeness (QED) is 0.739. The number of benzene rings is 1. The molecule has 0 aliphatic heterocycles. The number of thiocarbonyl (C=S) groups is 1. The Labute approximate surface area is 131 Å². The van der Waals surface area contributed by atoms with Gasteiger partial charge in [0, 0.05) is 17.2 Å². The SMILES string of the molecule is Oc1ccccc1CCNC(=S)Nc1ccc(Br)cn1. The van der Waals surface area contributed by atoms with Crippen LogP contribution in [0.15, 0.2) is 47.1 Å². The lowest BCUT2D eigenvalue weighted by Crippen LogP contribution is -2.30. The van der Waals surface area contributed by atoms with Gasteiger partial charge in [0.05, 0.1) is 0 Å². The molecule has 0 aliphatic rings. The average Bonchev–Trinajstić information content (AvgIpc) is 2.43. The van der Waals surface area contributed by atoms with E-state index in [9.17, 15) is 5.11 Å². The summed E-state index contributed by atoms with van der Waals surface area (Å²) in [4.78, 5) is 4.17. The average molecular weight is 352 g/mol. The van der Waals surface area contributed by atoms with Crippen LogP contribution in [0.2, 0.25) is 0 Å². The lowest BCUT2D eigenvalue weighted by molar-refractivity contribution is 0.468. The Morgan fingerprint density at radius 1 is 1.25 bits per heavy atom. The summed E-state index contributed by atoms with van der Waals surface area (Å²) < 4.78 is 0.918. The van der Waals surface area contributed by atoms with E-state index in [1.807, 2.05) is 24.3 Å². The van der Waals surface area contributed by atoms with E-state index in [-0.39, 0.29) is 0 Å². The lowest BCUT2D eigenvalue weighted by atomic mass is 10.1. The van der Waals surface area contributed by atoms with Crippen molar-refractivity contribution >= 4 is 39.1 Å². The normalized spacial score (nSPS) is 10.1. The van der Waals surface area contributed by atoms with E-state index in [1.165, 1.54) is 0 Å². The Morgan fingerprint density at radius 2 is 2.05 bits per heavy atom. The summed E-state index contributed by atoms with van der Waals surface area (Å²) in [6, 6.07) is 11.0. The van der Waals surface area contributed by atoms with Crippen molar-refractivity contribution in [2.75, 3.05) is 11.9 Å². The van der Waals surface area contributed by atoms with Crippen molar-refractivity contribution in [2.45, 2.75) is 6.42 Å². The highest BCUT2D eigenvalue weighted by atomic mass is 79.9. The third-order valence-electron chi connectivity index (χ3n) is 2.64. The van der Waals surface area contributed by atoms with Gasteiger partial charge in [0.1, 0.15) is 11.6 Å². The standard InChI is InChI=1S/C14H14BrN3OS/c15-11-5-6-13(17-9-11)18-14(20)16-8-7-10-3-1-2-4-12(10)19/h1-6,9,19H,7-8H2,(H2,16,17,18,20). The summed E-state index contributed by atoms with van der Waals surface area (Å²) in [5, 5.41) is 16.2. The molecule has 0 spiro atoms. The molecule has 3 N–H and O–H groups in total. The molecule has 0 aliphatic carbocycles. The van der Waals surface area contributed by atoms with Crippen LogP contribution in [-0.4, -0.2) is 21.7 Å². The summed E-state index contributed by atoms with van der Waals surface area (Å²) in [5.41, 5.74) is 0.893. The minimum Gasteiger partial charge on any atom is -0.508 e. The molecule has 2 aromatic rings. The maximum absolute atomic E-state index is 9.65. The van der Waals surface area contributed by atoms with Gasteiger partial charge in [-0.05, 0) is 58.3 Å². The number of halogens is 1. The maximum Gasteiger partial charge on any atom is 0.171 e. The molecule has 0 unspecified atom stereocenters. The van der Waals surface area contributed by atoms with E-state index in [0.717, 1.165) is 10.0 Å². The van der Waals surface area contributed by atoms with Crippen LogP contribution in [0.5, 0.6) is 5.75 Å². The monoisotopic (exact) mass is 351 g/mol.